The van der Waals surface area contributed by atoms with Crippen molar-refractivity contribution in [2.45, 2.75) is 0 Å². The summed E-state index contributed by atoms with van der Waals surface area (Å²) in [6, 6.07) is 85.9. The van der Waals surface area contributed by atoms with Gasteiger partial charge in [-0.2, -0.15) is 0 Å². The molecule has 0 radical (unpaired) electrons. The SMILES string of the molecule is c1ccc(-n2c3ccccc3c3ccc(-c4ccc(N(c5cccc(-c6cccc7ccccc67)c5)c5cccc6c5c5ccccc5n6-c5ccccc5)cc4)cc32)cc1. The Morgan fingerprint density at radius 3 is 1.62 bits per heavy atom. The lowest BCUT2D eigenvalue weighted by atomic mass is 9.97. The van der Waals surface area contributed by atoms with Gasteiger partial charge in [-0.05, 0) is 112 Å². The molecule has 0 spiro atoms. The monoisotopic (exact) mass is 777 g/mol. The van der Waals surface area contributed by atoms with Crippen molar-refractivity contribution < 1.29 is 0 Å². The van der Waals surface area contributed by atoms with Gasteiger partial charge in [0.15, 0.2) is 0 Å². The van der Waals surface area contributed by atoms with Gasteiger partial charge >= 0.3 is 0 Å². The second-order valence-corrected chi connectivity index (χ2v) is 15.7. The third-order valence-corrected chi connectivity index (χ3v) is 12.3. The molecular weight excluding hydrogens is 739 g/mol. The Labute approximate surface area is 354 Å². The minimum absolute atomic E-state index is 1.09. The van der Waals surface area contributed by atoms with E-state index in [0.717, 1.165) is 28.4 Å². The zero-order valence-corrected chi connectivity index (χ0v) is 33.4. The second kappa shape index (κ2) is 14.3. The molecule has 0 aliphatic carbocycles. The summed E-state index contributed by atoms with van der Waals surface area (Å²) in [5, 5.41) is 7.41. The maximum atomic E-state index is 2.44. The predicted octanol–water partition coefficient (Wildman–Crippen LogP) is 15.8. The van der Waals surface area contributed by atoms with Crippen LogP contribution in [0.25, 0.3) is 88.0 Å². The topological polar surface area (TPSA) is 13.1 Å². The van der Waals surface area contributed by atoms with Gasteiger partial charge in [-0.1, -0.05) is 158 Å². The molecule has 3 heteroatoms. The van der Waals surface area contributed by atoms with E-state index in [4.69, 9.17) is 0 Å². The number of para-hydroxylation sites is 4. The molecule has 2 heterocycles. The van der Waals surface area contributed by atoms with E-state index in [-0.39, 0.29) is 0 Å². The highest BCUT2D eigenvalue weighted by atomic mass is 15.1. The Morgan fingerprint density at radius 1 is 0.295 bits per heavy atom. The summed E-state index contributed by atoms with van der Waals surface area (Å²) in [4.78, 5) is 2.44. The lowest BCUT2D eigenvalue weighted by Crippen LogP contribution is -2.10. The smallest absolute Gasteiger partial charge is 0.0562 e. The molecule has 0 bridgehead atoms. The van der Waals surface area contributed by atoms with Crippen molar-refractivity contribution >= 4 is 71.4 Å². The zero-order chi connectivity index (χ0) is 40.3. The van der Waals surface area contributed by atoms with E-state index in [1.54, 1.807) is 0 Å². The third-order valence-electron chi connectivity index (χ3n) is 12.3. The number of hydrogen-bond acceptors (Lipinski definition) is 1. The number of rotatable bonds is 7. The lowest BCUT2D eigenvalue weighted by Gasteiger charge is -2.27. The van der Waals surface area contributed by atoms with Gasteiger partial charge in [0.25, 0.3) is 0 Å². The number of fused-ring (bicyclic) bond motifs is 7. The first-order valence-corrected chi connectivity index (χ1v) is 20.9. The van der Waals surface area contributed by atoms with Crippen molar-refractivity contribution in [2.75, 3.05) is 4.90 Å². The molecule has 0 atom stereocenters. The van der Waals surface area contributed by atoms with Crippen LogP contribution >= 0.6 is 0 Å². The van der Waals surface area contributed by atoms with E-state index < -0.39 is 0 Å². The van der Waals surface area contributed by atoms with Gasteiger partial charge in [-0.25, -0.2) is 0 Å². The molecule has 12 rings (SSSR count). The van der Waals surface area contributed by atoms with E-state index in [1.807, 2.05) is 0 Å². The fraction of sp³-hybridized carbons (Fsp3) is 0. The average molecular weight is 778 g/mol. The fourth-order valence-electron chi connectivity index (χ4n) is 9.57. The normalized spacial score (nSPS) is 11.6. The predicted molar refractivity (Wildman–Crippen MR) is 258 cm³/mol. The number of aromatic nitrogens is 2. The Bertz CT molecular complexity index is 3570. The molecule has 0 saturated heterocycles. The fourth-order valence-corrected chi connectivity index (χ4v) is 9.57. The molecule has 3 nitrogen and oxygen atoms in total. The van der Waals surface area contributed by atoms with Crippen LogP contribution in [0, 0.1) is 0 Å². The van der Waals surface area contributed by atoms with Gasteiger partial charge in [0.05, 0.1) is 27.8 Å². The van der Waals surface area contributed by atoms with Gasteiger partial charge in [0, 0.05) is 44.3 Å². The largest absolute Gasteiger partial charge is 0.310 e. The zero-order valence-electron chi connectivity index (χ0n) is 33.4. The molecule has 0 unspecified atom stereocenters. The average Bonchev–Trinajstić information content (AvgIpc) is 3.85. The summed E-state index contributed by atoms with van der Waals surface area (Å²) in [6.45, 7) is 0. The van der Waals surface area contributed by atoms with Crippen LogP contribution in [0.4, 0.5) is 17.1 Å². The molecule has 10 aromatic carbocycles. The highest BCUT2D eigenvalue weighted by Crippen LogP contribution is 2.45. The highest BCUT2D eigenvalue weighted by molar-refractivity contribution is 6.17. The van der Waals surface area contributed by atoms with Crippen LogP contribution in [0.3, 0.4) is 0 Å². The molecule has 0 N–H and O–H groups in total. The van der Waals surface area contributed by atoms with Crippen LogP contribution in [0.15, 0.2) is 237 Å². The van der Waals surface area contributed by atoms with Crippen LogP contribution in [0.5, 0.6) is 0 Å². The minimum atomic E-state index is 1.09. The van der Waals surface area contributed by atoms with Crippen molar-refractivity contribution in [1.82, 2.24) is 9.13 Å². The minimum Gasteiger partial charge on any atom is -0.310 e. The van der Waals surface area contributed by atoms with E-state index >= 15 is 0 Å². The second-order valence-electron chi connectivity index (χ2n) is 15.7. The number of hydrogen-bond donors (Lipinski definition) is 0. The van der Waals surface area contributed by atoms with Crippen LogP contribution < -0.4 is 4.90 Å². The summed E-state index contributed by atoms with van der Waals surface area (Å²) < 4.78 is 4.78. The lowest BCUT2D eigenvalue weighted by molar-refractivity contribution is 1.18. The standard InChI is InChI=1S/C58H39N3/c1-3-19-44(20-4-1)60-54-29-12-10-26-52(54)58-55(30-15-31-56(58)60)59(47-23-13-18-43(38-47)49-27-14-17-41-16-7-8-24-48(41)49)46-35-32-40(33-36-46)42-34-37-51-50-25-9-11-28-53(50)61(57(51)39-42)45-21-5-2-6-22-45/h1-39H. The van der Waals surface area contributed by atoms with Gasteiger partial charge in [0.1, 0.15) is 0 Å². The molecular formula is C58H39N3. The van der Waals surface area contributed by atoms with Crippen molar-refractivity contribution in [3.8, 4) is 33.6 Å². The van der Waals surface area contributed by atoms with Gasteiger partial charge in [-0.15, -0.1) is 0 Å². The van der Waals surface area contributed by atoms with Crippen molar-refractivity contribution in [2.24, 2.45) is 0 Å². The summed E-state index contributed by atoms with van der Waals surface area (Å²) in [7, 11) is 0. The molecule has 0 fully saturated rings. The summed E-state index contributed by atoms with van der Waals surface area (Å²) in [5.41, 5.74) is 15.1. The third kappa shape index (κ3) is 5.74. The van der Waals surface area contributed by atoms with Gasteiger partial charge in [0.2, 0.25) is 0 Å². The van der Waals surface area contributed by atoms with E-state index in [0.29, 0.717) is 0 Å². The van der Waals surface area contributed by atoms with Crippen molar-refractivity contribution in [1.29, 1.82) is 0 Å². The first kappa shape index (κ1) is 34.9. The van der Waals surface area contributed by atoms with Crippen molar-refractivity contribution in [3.63, 3.8) is 0 Å². The van der Waals surface area contributed by atoms with Gasteiger partial charge in [-0.3, -0.25) is 0 Å². The molecule has 286 valence electrons. The first-order chi connectivity index (χ1) is 30.3. The Hall–Kier alpha value is -8.14. The number of anilines is 3. The van der Waals surface area contributed by atoms with E-state index in [2.05, 4.69) is 251 Å². The van der Waals surface area contributed by atoms with Crippen LogP contribution in [0.1, 0.15) is 0 Å². The van der Waals surface area contributed by atoms with E-state index in [9.17, 15) is 0 Å². The molecule has 61 heavy (non-hydrogen) atoms. The Morgan fingerprint density at radius 2 is 0.852 bits per heavy atom. The summed E-state index contributed by atoms with van der Waals surface area (Å²) >= 11 is 0. The molecule has 0 amide bonds. The Kier molecular flexibility index (Phi) is 8.17. The van der Waals surface area contributed by atoms with Gasteiger partial charge < -0.3 is 14.0 Å². The summed E-state index contributed by atoms with van der Waals surface area (Å²) in [6.07, 6.45) is 0. The molecule has 2 aromatic heterocycles. The summed E-state index contributed by atoms with van der Waals surface area (Å²) in [5.74, 6) is 0. The van der Waals surface area contributed by atoms with E-state index in [1.165, 1.54) is 76.6 Å². The maximum Gasteiger partial charge on any atom is 0.0562 e. The maximum absolute atomic E-state index is 2.44. The number of nitrogens with zero attached hydrogens (tertiary/aromatic N) is 3. The van der Waals surface area contributed by atoms with Crippen LogP contribution in [-0.2, 0) is 0 Å². The number of benzene rings is 10. The molecule has 0 saturated carbocycles. The molecule has 0 aliphatic heterocycles. The molecule has 0 aliphatic rings. The Balaban J connectivity index is 1.05. The first-order valence-electron chi connectivity index (χ1n) is 20.9. The van der Waals surface area contributed by atoms with Crippen molar-refractivity contribution in [3.05, 3.63) is 237 Å². The quantitative estimate of drug-likeness (QED) is 0.157. The van der Waals surface area contributed by atoms with Crippen LogP contribution in [-0.4, -0.2) is 9.13 Å². The highest BCUT2D eigenvalue weighted by Gasteiger charge is 2.22. The molecule has 12 aromatic rings. The van der Waals surface area contributed by atoms with Crippen LogP contribution in [0.2, 0.25) is 0 Å².